The first-order valence-electron chi connectivity index (χ1n) is 6.05. The van der Waals surface area contributed by atoms with Gasteiger partial charge in [-0.1, -0.05) is 28.1 Å². The zero-order valence-electron chi connectivity index (χ0n) is 11.1. The van der Waals surface area contributed by atoms with Crippen LogP contribution in [0.15, 0.2) is 28.7 Å². The molecule has 1 heterocycles. The largest absolute Gasteiger partial charge is 0.354 e. The van der Waals surface area contributed by atoms with Crippen LogP contribution in [-0.4, -0.2) is 21.4 Å². The maximum absolute atomic E-state index is 11.3. The van der Waals surface area contributed by atoms with Crippen LogP contribution < -0.4 is 5.32 Å². The molecule has 1 N–H and O–H groups in total. The minimum absolute atomic E-state index is 0.0650. The van der Waals surface area contributed by atoms with Crippen LogP contribution in [0, 0.1) is 17.0 Å². The second-order valence-corrected chi connectivity index (χ2v) is 5.04. The SMILES string of the molecule is CCNc1nc(C)c([N+](=O)[O-])c(-c2cccc(Br)c2)n1. The molecule has 0 amide bonds. The number of aromatic nitrogens is 2. The first-order chi connectivity index (χ1) is 9.52. The highest BCUT2D eigenvalue weighted by atomic mass is 79.9. The third kappa shape index (κ3) is 2.93. The number of aryl methyl sites for hydroxylation is 1. The van der Waals surface area contributed by atoms with Crippen molar-refractivity contribution >= 4 is 27.6 Å². The molecular formula is C13H13BrN4O2. The van der Waals surface area contributed by atoms with Crippen LogP contribution in [0.4, 0.5) is 11.6 Å². The van der Waals surface area contributed by atoms with Crippen molar-refractivity contribution in [2.75, 3.05) is 11.9 Å². The van der Waals surface area contributed by atoms with Gasteiger partial charge in [-0.25, -0.2) is 9.97 Å². The molecule has 6 nitrogen and oxygen atoms in total. The molecule has 1 aromatic heterocycles. The first-order valence-corrected chi connectivity index (χ1v) is 6.85. The third-order valence-corrected chi connectivity index (χ3v) is 3.17. The number of anilines is 1. The summed E-state index contributed by atoms with van der Waals surface area (Å²) in [6.45, 7) is 4.18. The smallest absolute Gasteiger partial charge is 0.316 e. The van der Waals surface area contributed by atoms with Gasteiger partial charge in [0.15, 0.2) is 5.69 Å². The average Bonchev–Trinajstić information content (AvgIpc) is 2.37. The van der Waals surface area contributed by atoms with E-state index in [0.717, 1.165) is 4.47 Å². The summed E-state index contributed by atoms with van der Waals surface area (Å²) in [5, 5.41) is 14.2. The molecule has 0 aliphatic rings. The second kappa shape index (κ2) is 5.96. The minimum Gasteiger partial charge on any atom is -0.354 e. The highest BCUT2D eigenvalue weighted by Gasteiger charge is 2.23. The molecule has 0 aliphatic carbocycles. The van der Waals surface area contributed by atoms with Gasteiger partial charge in [0.25, 0.3) is 0 Å². The Morgan fingerprint density at radius 3 is 2.75 bits per heavy atom. The van der Waals surface area contributed by atoms with Gasteiger partial charge in [0.1, 0.15) is 5.69 Å². The van der Waals surface area contributed by atoms with E-state index in [2.05, 4.69) is 31.2 Å². The second-order valence-electron chi connectivity index (χ2n) is 4.13. The molecule has 0 unspecified atom stereocenters. The molecule has 0 saturated carbocycles. The highest BCUT2D eigenvalue weighted by molar-refractivity contribution is 9.10. The van der Waals surface area contributed by atoms with E-state index in [-0.39, 0.29) is 5.69 Å². The van der Waals surface area contributed by atoms with Gasteiger partial charge in [-0.2, -0.15) is 0 Å². The lowest BCUT2D eigenvalue weighted by Crippen LogP contribution is -2.07. The fourth-order valence-electron chi connectivity index (χ4n) is 1.86. The predicted octanol–water partition coefficient (Wildman–Crippen LogP) is 3.55. The topological polar surface area (TPSA) is 81.0 Å². The van der Waals surface area contributed by atoms with Crippen LogP contribution in [0.2, 0.25) is 0 Å². The van der Waals surface area contributed by atoms with Crippen LogP contribution in [0.25, 0.3) is 11.3 Å². The summed E-state index contributed by atoms with van der Waals surface area (Å²) >= 11 is 3.36. The van der Waals surface area contributed by atoms with Crippen molar-refractivity contribution in [3.63, 3.8) is 0 Å². The van der Waals surface area contributed by atoms with Gasteiger partial charge in [0.2, 0.25) is 5.95 Å². The van der Waals surface area contributed by atoms with Crippen LogP contribution in [0.3, 0.4) is 0 Å². The predicted molar refractivity (Wildman–Crippen MR) is 80.7 cm³/mol. The van der Waals surface area contributed by atoms with Gasteiger partial charge in [-0.15, -0.1) is 0 Å². The van der Waals surface area contributed by atoms with Crippen LogP contribution in [0.1, 0.15) is 12.6 Å². The quantitative estimate of drug-likeness (QED) is 0.681. The number of rotatable bonds is 4. The summed E-state index contributed by atoms with van der Waals surface area (Å²) in [6, 6.07) is 7.25. The standard InChI is InChI=1S/C13H13BrN4O2/c1-3-15-13-16-8(2)12(18(19)20)11(17-13)9-5-4-6-10(14)7-9/h4-7H,3H2,1-2H3,(H,15,16,17). The normalized spacial score (nSPS) is 10.3. The maximum Gasteiger partial charge on any atom is 0.316 e. The Labute approximate surface area is 124 Å². The molecule has 0 saturated heterocycles. The Morgan fingerprint density at radius 1 is 1.40 bits per heavy atom. The maximum atomic E-state index is 11.3. The molecule has 7 heteroatoms. The lowest BCUT2D eigenvalue weighted by Gasteiger charge is -2.08. The molecule has 20 heavy (non-hydrogen) atoms. The molecule has 2 aromatic rings. The molecule has 0 radical (unpaired) electrons. The van der Waals surface area contributed by atoms with Gasteiger partial charge in [-0.05, 0) is 26.0 Å². The van der Waals surface area contributed by atoms with E-state index < -0.39 is 4.92 Å². The lowest BCUT2D eigenvalue weighted by atomic mass is 10.1. The van der Waals surface area contributed by atoms with E-state index in [9.17, 15) is 10.1 Å². The molecular weight excluding hydrogens is 324 g/mol. The molecule has 1 aromatic carbocycles. The van der Waals surface area contributed by atoms with E-state index >= 15 is 0 Å². The molecule has 0 aliphatic heterocycles. The Bertz CT molecular complexity index is 661. The van der Waals surface area contributed by atoms with E-state index in [1.54, 1.807) is 19.1 Å². The highest BCUT2D eigenvalue weighted by Crippen LogP contribution is 2.32. The van der Waals surface area contributed by atoms with E-state index in [1.165, 1.54) is 0 Å². The lowest BCUT2D eigenvalue weighted by molar-refractivity contribution is -0.385. The summed E-state index contributed by atoms with van der Waals surface area (Å²) < 4.78 is 0.838. The van der Waals surface area contributed by atoms with E-state index in [4.69, 9.17) is 0 Å². The van der Waals surface area contributed by atoms with Gasteiger partial charge in [0, 0.05) is 16.6 Å². The number of halogens is 1. The van der Waals surface area contributed by atoms with Crippen LogP contribution in [0.5, 0.6) is 0 Å². The fourth-order valence-corrected chi connectivity index (χ4v) is 2.26. The summed E-state index contributed by atoms with van der Waals surface area (Å²) in [4.78, 5) is 19.2. The summed E-state index contributed by atoms with van der Waals surface area (Å²) in [5.41, 5.74) is 1.27. The van der Waals surface area contributed by atoms with Gasteiger partial charge >= 0.3 is 5.69 Å². The number of benzene rings is 1. The number of nitrogens with zero attached hydrogens (tertiary/aromatic N) is 3. The fraction of sp³-hybridized carbons (Fsp3) is 0.231. The molecule has 0 atom stereocenters. The first kappa shape index (κ1) is 14.4. The van der Waals surface area contributed by atoms with E-state index in [0.29, 0.717) is 29.4 Å². The van der Waals surface area contributed by atoms with Crippen molar-refractivity contribution in [1.29, 1.82) is 0 Å². The van der Waals surface area contributed by atoms with E-state index in [1.807, 2.05) is 19.1 Å². The van der Waals surface area contributed by atoms with Gasteiger partial charge < -0.3 is 5.32 Å². The van der Waals surface area contributed by atoms with Crippen molar-refractivity contribution in [3.8, 4) is 11.3 Å². The third-order valence-electron chi connectivity index (χ3n) is 2.67. The van der Waals surface area contributed by atoms with Crippen molar-refractivity contribution in [2.45, 2.75) is 13.8 Å². The van der Waals surface area contributed by atoms with Gasteiger partial charge in [0.05, 0.1) is 4.92 Å². The number of hydrogen-bond acceptors (Lipinski definition) is 5. The molecule has 104 valence electrons. The molecule has 0 fully saturated rings. The Hall–Kier alpha value is -2.02. The Kier molecular flexibility index (Phi) is 4.29. The molecule has 0 spiro atoms. The summed E-state index contributed by atoms with van der Waals surface area (Å²) in [7, 11) is 0. The zero-order valence-corrected chi connectivity index (χ0v) is 12.6. The van der Waals surface area contributed by atoms with Gasteiger partial charge in [-0.3, -0.25) is 10.1 Å². The molecule has 0 bridgehead atoms. The number of hydrogen-bond donors (Lipinski definition) is 1. The number of nitrogens with one attached hydrogen (secondary N) is 1. The Morgan fingerprint density at radius 2 is 2.15 bits per heavy atom. The van der Waals surface area contributed by atoms with Crippen LogP contribution in [-0.2, 0) is 0 Å². The zero-order chi connectivity index (χ0) is 14.7. The van der Waals surface area contributed by atoms with Crippen LogP contribution >= 0.6 is 15.9 Å². The van der Waals surface area contributed by atoms with Crippen molar-refractivity contribution in [1.82, 2.24) is 9.97 Å². The Balaban J connectivity index is 2.67. The average molecular weight is 337 g/mol. The summed E-state index contributed by atoms with van der Waals surface area (Å²) in [6.07, 6.45) is 0. The minimum atomic E-state index is -0.443. The van der Waals surface area contributed by atoms with Crippen molar-refractivity contribution in [2.24, 2.45) is 0 Å². The van der Waals surface area contributed by atoms with Crippen molar-refractivity contribution in [3.05, 3.63) is 44.5 Å². The summed E-state index contributed by atoms with van der Waals surface area (Å²) in [5.74, 6) is 0.394. The molecule has 2 rings (SSSR count). The number of nitro groups is 1. The van der Waals surface area contributed by atoms with Crippen molar-refractivity contribution < 1.29 is 4.92 Å². The monoisotopic (exact) mass is 336 g/mol.